The van der Waals surface area contributed by atoms with Crippen molar-refractivity contribution in [3.8, 4) is 22.6 Å². The second-order valence-corrected chi connectivity index (χ2v) is 6.50. The van der Waals surface area contributed by atoms with Crippen molar-refractivity contribution in [3.05, 3.63) is 72.8 Å². The van der Waals surface area contributed by atoms with Gasteiger partial charge >= 0.3 is 11.9 Å². The second kappa shape index (κ2) is 7.16. The summed E-state index contributed by atoms with van der Waals surface area (Å²) in [6, 6.07) is 23.2. The molecule has 138 valence electrons. The minimum atomic E-state index is -0.353. The standard InChI is InChI=1S/C24H18O4/c1-15(25)27-23-13-11-19(17-7-3-5-9-21(17)23)20-12-14-24(28-16(2)26)22-10-6-4-8-18(20)22/h3-14H,1-2H3. The molecule has 0 bridgehead atoms. The maximum Gasteiger partial charge on any atom is 0.308 e. The van der Waals surface area contributed by atoms with E-state index in [0.29, 0.717) is 11.5 Å². The van der Waals surface area contributed by atoms with Crippen LogP contribution in [0.15, 0.2) is 72.8 Å². The van der Waals surface area contributed by atoms with Crippen LogP contribution in [-0.4, -0.2) is 11.9 Å². The van der Waals surface area contributed by atoms with Crippen LogP contribution in [0, 0.1) is 0 Å². The molecular weight excluding hydrogens is 352 g/mol. The normalized spacial score (nSPS) is 10.8. The Morgan fingerprint density at radius 1 is 0.536 bits per heavy atom. The SMILES string of the molecule is CC(=O)Oc1ccc(-c2ccc(OC(C)=O)c3ccccc23)c2ccccc12. The fraction of sp³-hybridized carbons (Fsp3) is 0.0833. The van der Waals surface area contributed by atoms with Gasteiger partial charge in [0.05, 0.1) is 0 Å². The van der Waals surface area contributed by atoms with E-state index >= 15 is 0 Å². The summed E-state index contributed by atoms with van der Waals surface area (Å²) >= 11 is 0. The first-order valence-corrected chi connectivity index (χ1v) is 8.95. The average molecular weight is 370 g/mol. The lowest BCUT2D eigenvalue weighted by atomic mass is 9.93. The number of carbonyl (C=O) groups is 2. The van der Waals surface area contributed by atoms with Crippen LogP contribution >= 0.6 is 0 Å². The summed E-state index contributed by atoms with van der Waals surface area (Å²) in [5, 5.41) is 3.69. The van der Waals surface area contributed by atoms with Gasteiger partial charge in [0.15, 0.2) is 0 Å². The van der Waals surface area contributed by atoms with Crippen molar-refractivity contribution < 1.29 is 19.1 Å². The Labute approximate surface area is 162 Å². The summed E-state index contributed by atoms with van der Waals surface area (Å²) in [6.07, 6.45) is 0. The fourth-order valence-electron chi connectivity index (χ4n) is 3.50. The number of esters is 2. The van der Waals surface area contributed by atoms with Gasteiger partial charge in [-0.05, 0) is 34.0 Å². The fourth-order valence-corrected chi connectivity index (χ4v) is 3.50. The maximum absolute atomic E-state index is 11.4. The Morgan fingerprint density at radius 3 is 1.25 bits per heavy atom. The highest BCUT2D eigenvalue weighted by Crippen LogP contribution is 2.40. The first-order valence-electron chi connectivity index (χ1n) is 8.95. The molecule has 4 nitrogen and oxygen atoms in total. The van der Waals surface area contributed by atoms with Crippen LogP contribution in [0.3, 0.4) is 0 Å². The van der Waals surface area contributed by atoms with Crippen molar-refractivity contribution in [1.82, 2.24) is 0 Å². The lowest BCUT2D eigenvalue weighted by molar-refractivity contribution is -0.132. The first kappa shape index (κ1) is 17.7. The van der Waals surface area contributed by atoms with Gasteiger partial charge in [-0.15, -0.1) is 0 Å². The molecule has 28 heavy (non-hydrogen) atoms. The topological polar surface area (TPSA) is 52.6 Å². The predicted molar refractivity (Wildman–Crippen MR) is 110 cm³/mol. The van der Waals surface area contributed by atoms with E-state index in [1.54, 1.807) is 0 Å². The van der Waals surface area contributed by atoms with Crippen LogP contribution in [0.2, 0.25) is 0 Å². The van der Waals surface area contributed by atoms with Gasteiger partial charge in [-0.1, -0.05) is 60.7 Å². The molecule has 0 atom stereocenters. The zero-order chi connectivity index (χ0) is 19.7. The molecule has 0 saturated heterocycles. The number of hydrogen-bond donors (Lipinski definition) is 0. The third-order valence-corrected chi connectivity index (χ3v) is 4.57. The molecule has 0 spiro atoms. The third kappa shape index (κ3) is 3.21. The quantitative estimate of drug-likeness (QED) is 0.352. The average Bonchev–Trinajstić information content (AvgIpc) is 2.68. The van der Waals surface area contributed by atoms with Crippen LogP contribution in [0.5, 0.6) is 11.5 Å². The van der Waals surface area contributed by atoms with Crippen molar-refractivity contribution in [2.24, 2.45) is 0 Å². The molecule has 4 aromatic rings. The van der Waals surface area contributed by atoms with Crippen molar-refractivity contribution in [2.75, 3.05) is 0 Å². The molecule has 4 heteroatoms. The molecule has 0 radical (unpaired) electrons. The van der Waals surface area contributed by atoms with Crippen LogP contribution in [0.1, 0.15) is 13.8 Å². The van der Waals surface area contributed by atoms with Gasteiger partial charge in [-0.25, -0.2) is 0 Å². The van der Waals surface area contributed by atoms with Gasteiger partial charge < -0.3 is 9.47 Å². The van der Waals surface area contributed by atoms with Crippen LogP contribution in [-0.2, 0) is 9.59 Å². The lowest BCUT2D eigenvalue weighted by Gasteiger charge is -2.14. The van der Waals surface area contributed by atoms with Crippen LogP contribution in [0.25, 0.3) is 32.7 Å². The van der Waals surface area contributed by atoms with Crippen molar-refractivity contribution >= 4 is 33.5 Å². The van der Waals surface area contributed by atoms with E-state index < -0.39 is 0 Å². The van der Waals surface area contributed by atoms with E-state index in [0.717, 1.165) is 32.7 Å². The number of fused-ring (bicyclic) bond motifs is 2. The Hall–Kier alpha value is -3.66. The summed E-state index contributed by atoms with van der Waals surface area (Å²) in [5.74, 6) is 0.364. The molecule has 0 heterocycles. The molecule has 0 aliphatic carbocycles. The summed E-state index contributed by atoms with van der Waals surface area (Å²) in [4.78, 5) is 22.9. The van der Waals surface area contributed by atoms with Gasteiger partial charge in [-0.3, -0.25) is 9.59 Å². The van der Waals surface area contributed by atoms with E-state index in [2.05, 4.69) is 0 Å². The highest BCUT2D eigenvalue weighted by atomic mass is 16.5. The number of rotatable bonds is 3. The summed E-state index contributed by atoms with van der Waals surface area (Å²) in [7, 11) is 0. The van der Waals surface area contributed by atoms with E-state index in [9.17, 15) is 9.59 Å². The molecule has 0 aliphatic heterocycles. The van der Waals surface area contributed by atoms with Crippen LogP contribution < -0.4 is 9.47 Å². The van der Waals surface area contributed by atoms with Gasteiger partial charge in [0.25, 0.3) is 0 Å². The minimum absolute atomic E-state index is 0.353. The van der Waals surface area contributed by atoms with Gasteiger partial charge in [0.2, 0.25) is 0 Å². The molecule has 0 unspecified atom stereocenters. The molecule has 0 aliphatic rings. The summed E-state index contributed by atoms with van der Waals surface area (Å²) in [6.45, 7) is 2.79. The zero-order valence-corrected chi connectivity index (χ0v) is 15.6. The zero-order valence-electron chi connectivity index (χ0n) is 15.6. The molecule has 4 rings (SSSR count). The van der Waals surface area contributed by atoms with Gasteiger partial charge in [0, 0.05) is 24.6 Å². The third-order valence-electron chi connectivity index (χ3n) is 4.57. The Morgan fingerprint density at radius 2 is 0.893 bits per heavy atom. The smallest absolute Gasteiger partial charge is 0.308 e. The van der Waals surface area contributed by atoms with Gasteiger partial charge in [-0.2, -0.15) is 0 Å². The van der Waals surface area contributed by atoms with Gasteiger partial charge in [0.1, 0.15) is 11.5 Å². The highest BCUT2D eigenvalue weighted by molar-refractivity contribution is 6.08. The Kier molecular flexibility index (Phi) is 4.53. The highest BCUT2D eigenvalue weighted by Gasteiger charge is 2.14. The van der Waals surface area contributed by atoms with Crippen molar-refractivity contribution in [3.63, 3.8) is 0 Å². The molecule has 0 N–H and O–H groups in total. The molecule has 0 aromatic heterocycles. The van der Waals surface area contributed by atoms with Crippen molar-refractivity contribution in [2.45, 2.75) is 13.8 Å². The number of hydrogen-bond acceptors (Lipinski definition) is 4. The minimum Gasteiger partial charge on any atom is -0.426 e. The number of benzene rings is 4. The van der Waals surface area contributed by atoms with Crippen LogP contribution in [0.4, 0.5) is 0 Å². The predicted octanol–water partition coefficient (Wildman–Crippen LogP) is 5.51. The first-order chi connectivity index (χ1) is 13.5. The van der Waals surface area contributed by atoms with E-state index in [1.165, 1.54) is 13.8 Å². The second-order valence-electron chi connectivity index (χ2n) is 6.50. The Balaban J connectivity index is 1.98. The maximum atomic E-state index is 11.4. The number of carbonyl (C=O) groups excluding carboxylic acids is 2. The molecule has 0 saturated carbocycles. The van der Waals surface area contributed by atoms with E-state index in [1.807, 2.05) is 72.8 Å². The van der Waals surface area contributed by atoms with E-state index in [-0.39, 0.29) is 11.9 Å². The van der Waals surface area contributed by atoms with Crippen molar-refractivity contribution in [1.29, 1.82) is 0 Å². The lowest BCUT2D eigenvalue weighted by Crippen LogP contribution is -2.02. The number of ether oxygens (including phenoxy) is 2. The molecule has 0 fully saturated rings. The molecule has 4 aromatic carbocycles. The summed E-state index contributed by atoms with van der Waals surface area (Å²) < 4.78 is 10.7. The van der Waals surface area contributed by atoms with E-state index in [4.69, 9.17) is 9.47 Å². The molecular formula is C24H18O4. The Bertz CT molecular complexity index is 1130. The largest absolute Gasteiger partial charge is 0.426 e. The summed E-state index contributed by atoms with van der Waals surface area (Å²) in [5.41, 5.74) is 2.02. The molecule has 0 amide bonds. The monoisotopic (exact) mass is 370 g/mol.